The van der Waals surface area contributed by atoms with Crippen LogP contribution < -0.4 is 5.73 Å². The molecule has 0 unspecified atom stereocenters. The third-order valence-electron chi connectivity index (χ3n) is 1.79. The Morgan fingerprint density at radius 3 is 2.54 bits per heavy atom. The van der Waals surface area contributed by atoms with Gasteiger partial charge in [0, 0.05) is 18.0 Å². The van der Waals surface area contributed by atoms with Gasteiger partial charge in [-0.05, 0) is 20.5 Å². The van der Waals surface area contributed by atoms with Crippen LogP contribution in [0, 0.1) is 0 Å². The summed E-state index contributed by atoms with van der Waals surface area (Å²) in [6.07, 6.45) is 0.983. The summed E-state index contributed by atoms with van der Waals surface area (Å²) >= 11 is 1.73. The van der Waals surface area contributed by atoms with Gasteiger partial charge in [-0.25, -0.2) is 4.98 Å². The smallest absolute Gasteiger partial charge is 0.107 e. The molecule has 0 amide bonds. The summed E-state index contributed by atoms with van der Waals surface area (Å²) in [4.78, 5) is 7.90. The van der Waals surface area contributed by atoms with Crippen molar-refractivity contribution in [3.63, 3.8) is 0 Å². The molecule has 74 valence electrons. The molecule has 1 aromatic rings. The summed E-state index contributed by atoms with van der Waals surface area (Å²) in [6, 6.07) is 0. The molecule has 0 spiro atoms. The van der Waals surface area contributed by atoms with Crippen LogP contribution in [0.4, 0.5) is 0 Å². The largest absolute Gasteiger partial charge is 0.326 e. The lowest BCUT2D eigenvalue weighted by Gasteiger charge is -2.04. The second-order valence-corrected chi connectivity index (χ2v) is 4.44. The molecule has 1 rings (SSSR count). The highest BCUT2D eigenvalue weighted by Gasteiger charge is 2.08. The van der Waals surface area contributed by atoms with Crippen LogP contribution in [0.1, 0.15) is 22.5 Å². The summed E-state index contributed by atoms with van der Waals surface area (Å²) in [7, 11) is 4.10. The number of hydrogen-bond donors (Lipinski definition) is 1. The van der Waals surface area contributed by atoms with Crippen molar-refractivity contribution >= 4 is 11.3 Å². The van der Waals surface area contributed by atoms with Crippen LogP contribution in [0.3, 0.4) is 0 Å². The van der Waals surface area contributed by atoms with Gasteiger partial charge in [-0.1, -0.05) is 6.92 Å². The molecule has 0 saturated heterocycles. The molecule has 4 heteroatoms. The molecule has 0 radical (unpaired) electrons. The lowest BCUT2D eigenvalue weighted by molar-refractivity contribution is 0.401. The fraction of sp³-hybridized carbons (Fsp3) is 0.667. The van der Waals surface area contributed by atoms with E-state index in [1.165, 1.54) is 15.6 Å². The van der Waals surface area contributed by atoms with Crippen molar-refractivity contribution in [3.8, 4) is 0 Å². The van der Waals surface area contributed by atoms with Crippen LogP contribution in [0.25, 0.3) is 0 Å². The van der Waals surface area contributed by atoms with Gasteiger partial charge in [0.1, 0.15) is 5.01 Å². The molecule has 0 bridgehead atoms. The monoisotopic (exact) mass is 199 g/mol. The first-order valence-corrected chi connectivity index (χ1v) is 5.31. The fourth-order valence-corrected chi connectivity index (χ4v) is 2.36. The first-order chi connectivity index (χ1) is 6.17. The lowest BCUT2D eigenvalue weighted by Crippen LogP contribution is -2.10. The molecule has 1 heterocycles. The first kappa shape index (κ1) is 10.6. The van der Waals surface area contributed by atoms with E-state index in [0.717, 1.165) is 13.0 Å². The van der Waals surface area contributed by atoms with Crippen LogP contribution in [0.15, 0.2) is 0 Å². The minimum absolute atomic E-state index is 0.619. The summed E-state index contributed by atoms with van der Waals surface area (Å²) in [5.41, 5.74) is 6.80. The second kappa shape index (κ2) is 4.69. The highest BCUT2D eigenvalue weighted by Crippen LogP contribution is 2.19. The van der Waals surface area contributed by atoms with Crippen molar-refractivity contribution in [1.82, 2.24) is 9.88 Å². The SMILES string of the molecule is CCc1nc(CN(C)C)sc1CN. The number of nitrogens with zero attached hydrogens (tertiary/aromatic N) is 2. The molecule has 0 aliphatic rings. The summed E-state index contributed by atoms with van der Waals surface area (Å²) in [6.45, 7) is 3.65. The normalized spacial score (nSPS) is 11.2. The number of aryl methyl sites for hydroxylation is 1. The fourth-order valence-electron chi connectivity index (χ4n) is 1.21. The van der Waals surface area contributed by atoms with Crippen LogP contribution in [0.2, 0.25) is 0 Å². The van der Waals surface area contributed by atoms with Gasteiger partial charge < -0.3 is 10.6 Å². The topological polar surface area (TPSA) is 42.2 Å². The van der Waals surface area contributed by atoms with E-state index >= 15 is 0 Å². The van der Waals surface area contributed by atoms with E-state index in [2.05, 4.69) is 30.9 Å². The van der Waals surface area contributed by atoms with E-state index in [0.29, 0.717) is 6.54 Å². The molecule has 2 N–H and O–H groups in total. The van der Waals surface area contributed by atoms with Gasteiger partial charge in [-0.3, -0.25) is 0 Å². The van der Waals surface area contributed by atoms with Gasteiger partial charge in [0.05, 0.1) is 5.69 Å². The van der Waals surface area contributed by atoms with Crippen molar-refractivity contribution in [1.29, 1.82) is 0 Å². The molecular formula is C9H17N3S. The predicted octanol–water partition coefficient (Wildman–Crippen LogP) is 1.23. The highest BCUT2D eigenvalue weighted by molar-refractivity contribution is 7.11. The van der Waals surface area contributed by atoms with Gasteiger partial charge >= 0.3 is 0 Å². The summed E-state index contributed by atoms with van der Waals surface area (Å²) in [5.74, 6) is 0. The molecule has 0 aliphatic heterocycles. The third-order valence-corrected chi connectivity index (χ3v) is 2.90. The standard InChI is InChI=1S/C9H17N3S/c1-4-7-8(5-10)13-9(11-7)6-12(2)3/h4-6,10H2,1-3H3. The van der Waals surface area contributed by atoms with Crippen molar-refractivity contribution in [2.75, 3.05) is 14.1 Å². The number of aromatic nitrogens is 1. The van der Waals surface area contributed by atoms with Crippen molar-refractivity contribution < 1.29 is 0 Å². The Hall–Kier alpha value is -0.450. The lowest BCUT2D eigenvalue weighted by atomic mass is 10.3. The second-order valence-electron chi connectivity index (χ2n) is 3.27. The number of rotatable bonds is 4. The number of hydrogen-bond acceptors (Lipinski definition) is 4. The van der Waals surface area contributed by atoms with E-state index in [4.69, 9.17) is 5.73 Å². The van der Waals surface area contributed by atoms with Gasteiger partial charge in [0.25, 0.3) is 0 Å². The Balaban J connectivity index is 2.80. The van der Waals surface area contributed by atoms with E-state index in [1.54, 1.807) is 11.3 Å². The zero-order valence-corrected chi connectivity index (χ0v) is 9.32. The van der Waals surface area contributed by atoms with Gasteiger partial charge in [0.2, 0.25) is 0 Å². The van der Waals surface area contributed by atoms with E-state index in [9.17, 15) is 0 Å². The molecule has 0 aromatic carbocycles. The predicted molar refractivity (Wildman–Crippen MR) is 56.8 cm³/mol. The Labute approximate surface area is 83.6 Å². The van der Waals surface area contributed by atoms with Crippen LogP contribution >= 0.6 is 11.3 Å². The van der Waals surface area contributed by atoms with Crippen molar-refractivity contribution in [2.24, 2.45) is 5.73 Å². The Morgan fingerprint density at radius 2 is 2.15 bits per heavy atom. The number of thiazole rings is 1. The van der Waals surface area contributed by atoms with Gasteiger partial charge in [0.15, 0.2) is 0 Å². The average molecular weight is 199 g/mol. The van der Waals surface area contributed by atoms with E-state index in [-0.39, 0.29) is 0 Å². The molecule has 0 saturated carbocycles. The zero-order chi connectivity index (χ0) is 9.84. The quantitative estimate of drug-likeness (QED) is 0.793. The van der Waals surface area contributed by atoms with Crippen LogP contribution in [-0.4, -0.2) is 24.0 Å². The molecule has 0 aliphatic carbocycles. The maximum atomic E-state index is 5.63. The molecule has 13 heavy (non-hydrogen) atoms. The zero-order valence-electron chi connectivity index (χ0n) is 8.50. The van der Waals surface area contributed by atoms with Crippen LogP contribution in [0.5, 0.6) is 0 Å². The molecule has 1 aromatic heterocycles. The molecule has 0 atom stereocenters. The number of nitrogens with two attached hydrogens (primary N) is 1. The minimum Gasteiger partial charge on any atom is -0.326 e. The molecule has 3 nitrogen and oxygen atoms in total. The Kier molecular flexibility index (Phi) is 3.84. The highest BCUT2D eigenvalue weighted by atomic mass is 32.1. The third kappa shape index (κ3) is 2.76. The molecule has 0 fully saturated rings. The van der Waals surface area contributed by atoms with Gasteiger partial charge in [-0.2, -0.15) is 0 Å². The maximum absolute atomic E-state index is 5.63. The first-order valence-electron chi connectivity index (χ1n) is 4.49. The summed E-state index contributed by atoms with van der Waals surface area (Å²) in [5, 5.41) is 1.17. The van der Waals surface area contributed by atoms with E-state index in [1.807, 2.05) is 0 Å². The average Bonchev–Trinajstić information content (AvgIpc) is 2.45. The Bertz CT molecular complexity index is 246. The van der Waals surface area contributed by atoms with Crippen molar-refractivity contribution in [2.45, 2.75) is 26.4 Å². The minimum atomic E-state index is 0.619. The van der Waals surface area contributed by atoms with Crippen molar-refractivity contribution in [3.05, 3.63) is 15.6 Å². The maximum Gasteiger partial charge on any atom is 0.107 e. The summed E-state index contributed by atoms with van der Waals surface area (Å²) < 4.78 is 0. The van der Waals surface area contributed by atoms with E-state index < -0.39 is 0 Å². The molecular weight excluding hydrogens is 182 g/mol. The Morgan fingerprint density at radius 1 is 1.46 bits per heavy atom. The van der Waals surface area contributed by atoms with Gasteiger partial charge in [-0.15, -0.1) is 11.3 Å². The van der Waals surface area contributed by atoms with Crippen LogP contribution in [-0.2, 0) is 19.5 Å².